The second-order valence-corrected chi connectivity index (χ2v) is 7.33. The van der Waals surface area contributed by atoms with Crippen LogP contribution in [0.2, 0.25) is 0 Å². The Labute approximate surface area is 151 Å². The molecule has 0 aliphatic rings. The van der Waals surface area contributed by atoms with Crippen LogP contribution in [0.1, 0.15) is 104 Å². The van der Waals surface area contributed by atoms with Gasteiger partial charge in [0.25, 0.3) is 0 Å². The minimum Gasteiger partial charge on any atom is -0.394 e. The Hall–Kier alpha value is -0.120. The normalized spacial score (nSPS) is 14.0. The van der Waals surface area contributed by atoms with Crippen molar-refractivity contribution >= 4 is 0 Å². The molecule has 0 amide bonds. The van der Waals surface area contributed by atoms with E-state index >= 15 is 0 Å². The zero-order valence-corrected chi connectivity index (χ0v) is 16.5. The molecule has 0 radical (unpaired) electrons. The van der Waals surface area contributed by atoms with Crippen molar-refractivity contribution in [2.75, 3.05) is 19.8 Å². The molecule has 0 rings (SSSR count). The molecule has 0 aromatic rings. The van der Waals surface area contributed by atoms with Gasteiger partial charge in [0.15, 0.2) is 0 Å². The predicted octanol–water partition coefficient (Wildman–Crippen LogP) is 5.47. The molecule has 0 aliphatic carbocycles. The highest BCUT2D eigenvalue weighted by Gasteiger charge is 2.10. The van der Waals surface area contributed by atoms with Crippen molar-refractivity contribution in [3.63, 3.8) is 0 Å². The smallest absolute Gasteiger partial charge is 0.100 e. The van der Waals surface area contributed by atoms with E-state index in [9.17, 15) is 5.11 Å². The molecule has 0 saturated carbocycles. The number of aliphatic hydroxyl groups excluding tert-OH is 2. The summed E-state index contributed by atoms with van der Waals surface area (Å²) >= 11 is 0. The lowest BCUT2D eigenvalue weighted by atomic mass is 9.92. The molecular weight excluding hydrogens is 300 g/mol. The SMILES string of the molecule is CCCCCCCCC(CCCCCCC)CCOCC(O)CO. The summed E-state index contributed by atoms with van der Waals surface area (Å²) < 4.78 is 5.51. The van der Waals surface area contributed by atoms with Gasteiger partial charge in [-0.05, 0) is 12.3 Å². The molecule has 0 saturated heterocycles. The Balaban J connectivity index is 3.82. The van der Waals surface area contributed by atoms with Crippen LogP contribution in [0.4, 0.5) is 0 Å². The van der Waals surface area contributed by atoms with Gasteiger partial charge in [0.1, 0.15) is 6.10 Å². The fraction of sp³-hybridized carbons (Fsp3) is 1.00. The summed E-state index contributed by atoms with van der Waals surface area (Å²) in [7, 11) is 0. The topological polar surface area (TPSA) is 49.7 Å². The maximum Gasteiger partial charge on any atom is 0.100 e. The first-order valence-electron chi connectivity index (χ1n) is 10.6. The highest BCUT2D eigenvalue weighted by Crippen LogP contribution is 2.22. The van der Waals surface area contributed by atoms with Gasteiger partial charge in [-0.15, -0.1) is 0 Å². The van der Waals surface area contributed by atoms with E-state index in [2.05, 4.69) is 13.8 Å². The van der Waals surface area contributed by atoms with Crippen LogP contribution in [-0.2, 0) is 4.74 Å². The van der Waals surface area contributed by atoms with Crippen molar-refractivity contribution in [3.05, 3.63) is 0 Å². The molecule has 0 spiro atoms. The Morgan fingerprint density at radius 1 is 0.708 bits per heavy atom. The number of ether oxygens (including phenoxy) is 1. The third-order valence-electron chi connectivity index (χ3n) is 4.87. The van der Waals surface area contributed by atoms with Crippen molar-refractivity contribution in [2.24, 2.45) is 5.92 Å². The number of aliphatic hydroxyl groups is 2. The Kier molecular flexibility index (Phi) is 19.1. The van der Waals surface area contributed by atoms with Crippen LogP contribution in [0.25, 0.3) is 0 Å². The van der Waals surface area contributed by atoms with E-state index in [1.54, 1.807) is 0 Å². The van der Waals surface area contributed by atoms with Crippen molar-refractivity contribution in [1.29, 1.82) is 0 Å². The van der Waals surface area contributed by atoms with Crippen molar-refractivity contribution < 1.29 is 14.9 Å². The Morgan fingerprint density at radius 3 is 1.71 bits per heavy atom. The third kappa shape index (κ3) is 16.7. The summed E-state index contributed by atoms with van der Waals surface area (Å²) in [4.78, 5) is 0. The molecule has 3 heteroatoms. The van der Waals surface area contributed by atoms with E-state index < -0.39 is 6.10 Å². The second-order valence-electron chi connectivity index (χ2n) is 7.33. The summed E-state index contributed by atoms with van der Waals surface area (Å²) in [5, 5.41) is 18.1. The van der Waals surface area contributed by atoms with E-state index in [0.717, 1.165) is 12.3 Å². The fourth-order valence-electron chi connectivity index (χ4n) is 3.20. The van der Waals surface area contributed by atoms with Gasteiger partial charge in [-0.3, -0.25) is 0 Å². The van der Waals surface area contributed by atoms with Gasteiger partial charge >= 0.3 is 0 Å². The predicted molar refractivity (Wildman–Crippen MR) is 103 cm³/mol. The van der Waals surface area contributed by atoms with Crippen LogP contribution in [0.3, 0.4) is 0 Å². The van der Waals surface area contributed by atoms with E-state index in [0.29, 0.717) is 6.61 Å². The summed E-state index contributed by atoms with van der Waals surface area (Å²) in [5.41, 5.74) is 0. The van der Waals surface area contributed by atoms with E-state index in [1.807, 2.05) is 0 Å². The van der Waals surface area contributed by atoms with Crippen LogP contribution in [0.15, 0.2) is 0 Å². The van der Waals surface area contributed by atoms with Crippen LogP contribution >= 0.6 is 0 Å². The third-order valence-corrected chi connectivity index (χ3v) is 4.87. The van der Waals surface area contributed by atoms with Crippen molar-refractivity contribution in [3.8, 4) is 0 Å². The van der Waals surface area contributed by atoms with Gasteiger partial charge in [-0.25, -0.2) is 0 Å². The number of unbranched alkanes of at least 4 members (excludes halogenated alkanes) is 9. The largest absolute Gasteiger partial charge is 0.394 e. The molecule has 2 N–H and O–H groups in total. The maximum atomic E-state index is 9.32. The maximum absolute atomic E-state index is 9.32. The minimum absolute atomic E-state index is 0.210. The Morgan fingerprint density at radius 2 is 1.21 bits per heavy atom. The van der Waals surface area contributed by atoms with Gasteiger partial charge in [0.05, 0.1) is 13.2 Å². The molecule has 0 fully saturated rings. The lowest BCUT2D eigenvalue weighted by Crippen LogP contribution is -2.20. The lowest BCUT2D eigenvalue weighted by molar-refractivity contribution is 0.00218. The zero-order valence-electron chi connectivity index (χ0n) is 16.5. The number of hydrogen-bond donors (Lipinski definition) is 2. The molecule has 0 bridgehead atoms. The van der Waals surface area contributed by atoms with Gasteiger partial charge in [-0.1, -0.05) is 97.3 Å². The van der Waals surface area contributed by atoms with Crippen LogP contribution < -0.4 is 0 Å². The monoisotopic (exact) mass is 344 g/mol. The highest BCUT2D eigenvalue weighted by molar-refractivity contribution is 4.62. The molecule has 0 aromatic heterocycles. The first-order chi connectivity index (χ1) is 11.7. The van der Waals surface area contributed by atoms with Crippen LogP contribution in [-0.4, -0.2) is 36.1 Å². The van der Waals surface area contributed by atoms with Crippen LogP contribution in [0.5, 0.6) is 0 Å². The highest BCUT2D eigenvalue weighted by atomic mass is 16.5. The van der Waals surface area contributed by atoms with Gasteiger partial charge in [0, 0.05) is 6.61 Å². The lowest BCUT2D eigenvalue weighted by Gasteiger charge is -2.17. The van der Waals surface area contributed by atoms with Crippen molar-refractivity contribution in [1.82, 2.24) is 0 Å². The number of rotatable bonds is 19. The van der Waals surface area contributed by atoms with E-state index in [4.69, 9.17) is 9.84 Å². The number of hydrogen-bond acceptors (Lipinski definition) is 3. The van der Waals surface area contributed by atoms with Crippen molar-refractivity contribution in [2.45, 2.75) is 110 Å². The molecule has 3 nitrogen and oxygen atoms in total. The second kappa shape index (κ2) is 19.2. The molecule has 0 aliphatic heterocycles. The van der Waals surface area contributed by atoms with Gasteiger partial charge in [0.2, 0.25) is 0 Å². The molecule has 2 atom stereocenters. The standard InChI is InChI=1S/C21H44O3/c1-3-5-7-9-11-13-15-20(14-12-10-8-6-4-2)16-17-24-19-21(23)18-22/h20-23H,3-19H2,1-2H3. The van der Waals surface area contributed by atoms with Gasteiger partial charge < -0.3 is 14.9 Å². The van der Waals surface area contributed by atoms with E-state index in [-0.39, 0.29) is 13.2 Å². The Bertz CT molecular complexity index is 233. The van der Waals surface area contributed by atoms with Gasteiger partial charge in [-0.2, -0.15) is 0 Å². The zero-order chi connectivity index (χ0) is 17.9. The summed E-state index contributed by atoms with van der Waals surface area (Å²) in [6.07, 6.45) is 18.0. The molecule has 146 valence electrons. The minimum atomic E-state index is -0.726. The molecule has 0 aromatic carbocycles. The quantitative estimate of drug-likeness (QED) is 0.305. The molecule has 2 unspecified atom stereocenters. The first kappa shape index (κ1) is 23.9. The summed E-state index contributed by atoms with van der Waals surface area (Å²) in [6.45, 7) is 5.30. The molecule has 0 heterocycles. The summed E-state index contributed by atoms with van der Waals surface area (Å²) in [5.74, 6) is 0.768. The van der Waals surface area contributed by atoms with Crippen LogP contribution in [0, 0.1) is 5.92 Å². The average molecular weight is 345 g/mol. The average Bonchev–Trinajstić information content (AvgIpc) is 2.60. The first-order valence-corrected chi connectivity index (χ1v) is 10.6. The molecule has 24 heavy (non-hydrogen) atoms. The molecular formula is C21H44O3. The fourth-order valence-corrected chi connectivity index (χ4v) is 3.20. The van der Waals surface area contributed by atoms with E-state index in [1.165, 1.54) is 83.5 Å². The summed E-state index contributed by atoms with van der Waals surface area (Å²) in [6, 6.07) is 0.